The van der Waals surface area contributed by atoms with Gasteiger partial charge in [0.2, 0.25) is 0 Å². The van der Waals surface area contributed by atoms with Crippen LogP contribution < -0.4 is 22.3 Å². The molecule has 0 saturated heterocycles. The molecule has 6 N–H and O–H groups in total. The lowest BCUT2D eigenvalue weighted by atomic mass is 9.86. The standard InChI is InChI=1S/C26H25N7O4/c27-17-3-1-2-16(12-17)24(34)31-18-8-4-14(5-9-18)20-25(35)33(19-10-6-15(7-11-19)26(36)37)23-21(32-20)22(28)29-13-30-23/h1-5,8-9,12-13,15,19H,6-7,10-11,27H2,(H,31,34)(H,36,37)(H2,28,29,30). The number of nitrogens with zero attached hydrogens (tertiary/aromatic N) is 4. The number of carbonyl (C=O) groups is 2. The number of benzene rings is 2. The zero-order chi connectivity index (χ0) is 26.1. The van der Waals surface area contributed by atoms with Crippen LogP contribution in [0.2, 0.25) is 0 Å². The van der Waals surface area contributed by atoms with Crippen molar-refractivity contribution in [3.8, 4) is 11.3 Å². The molecule has 0 spiro atoms. The number of nitrogen functional groups attached to an aromatic ring is 2. The highest BCUT2D eigenvalue weighted by atomic mass is 16.4. The molecule has 11 nitrogen and oxygen atoms in total. The van der Waals surface area contributed by atoms with Crippen LogP contribution >= 0.6 is 0 Å². The van der Waals surface area contributed by atoms with E-state index >= 15 is 0 Å². The number of anilines is 3. The molecule has 0 aliphatic heterocycles. The maximum atomic E-state index is 13.7. The van der Waals surface area contributed by atoms with Crippen molar-refractivity contribution in [2.24, 2.45) is 5.92 Å². The first kappa shape index (κ1) is 23.9. The molecule has 1 saturated carbocycles. The summed E-state index contributed by atoms with van der Waals surface area (Å²) < 4.78 is 1.57. The number of carboxylic acids is 1. The molecular weight excluding hydrogens is 474 g/mol. The van der Waals surface area contributed by atoms with Crippen LogP contribution in [0, 0.1) is 5.92 Å². The van der Waals surface area contributed by atoms with E-state index in [0.717, 1.165) is 0 Å². The fraction of sp³-hybridized carbons (Fsp3) is 0.231. The molecule has 37 heavy (non-hydrogen) atoms. The van der Waals surface area contributed by atoms with Crippen molar-refractivity contribution in [1.82, 2.24) is 19.5 Å². The Morgan fingerprint density at radius 1 is 1.00 bits per heavy atom. The van der Waals surface area contributed by atoms with Gasteiger partial charge >= 0.3 is 5.97 Å². The smallest absolute Gasteiger partial charge is 0.306 e. The Bertz CT molecular complexity index is 1560. The first-order valence-corrected chi connectivity index (χ1v) is 11.8. The second-order valence-electron chi connectivity index (χ2n) is 9.07. The third-order valence-corrected chi connectivity index (χ3v) is 6.68. The Hall–Kier alpha value is -4.80. The summed E-state index contributed by atoms with van der Waals surface area (Å²) in [5.74, 6) is -1.41. The van der Waals surface area contributed by atoms with Crippen molar-refractivity contribution in [3.05, 3.63) is 70.8 Å². The van der Waals surface area contributed by atoms with Crippen LogP contribution in [0.15, 0.2) is 59.7 Å². The van der Waals surface area contributed by atoms with Crippen molar-refractivity contribution in [1.29, 1.82) is 0 Å². The highest BCUT2D eigenvalue weighted by molar-refractivity contribution is 6.04. The summed E-state index contributed by atoms with van der Waals surface area (Å²) in [6, 6.07) is 13.2. The predicted octanol–water partition coefficient (Wildman–Crippen LogP) is 3.09. The van der Waals surface area contributed by atoms with Crippen LogP contribution in [-0.4, -0.2) is 36.5 Å². The molecule has 2 heterocycles. The van der Waals surface area contributed by atoms with Gasteiger partial charge in [-0.1, -0.05) is 18.2 Å². The highest BCUT2D eigenvalue weighted by Crippen LogP contribution is 2.34. The van der Waals surface area contributed by atoms with Gasteiger partial charge in [-0.15, -0.1) is 0 Å². The number of aliphatic carboxylic acids is 1. The van der Waals surface area contributed by atoms with Crippen LogP contribution in [0.4, 0.5) is 17.2 Å². The van der Waals surface area contributed by atoms with E-state index < -0.39 is 11.9 Å². The second kappa shape index (κ2) is 9.69. The summed E-state index contributed by atoms with van der Waals surface area (Å²) in [6.07, 6.45) is 3.26. The Kier molecular flexibility index (Phi) is 6.26. The Morgan fingerprint density at radius 2 is 1.73 bits per heavy atom. The number of nitrogens with one attached hydrogen (secondary N) is 1. The third kappa shape index (κ3) is 4.70. The molecular formula is C26H25N7O4. The van der Waals surface area contributed by atoms with E-state index in [1.807, 2.05) is 0 Å². The molecule has 1 fully saturated rings. The average Bonchev–Trinajstić information content (AvgIpc) is 2.89. The minimum absolute atomic E-state index is 0.144. The van der Waals surface area contributed by atoms with Gasteiger partial charge in [0.15, 0.2) is 11.5 Å². The molecule has 188 valence electrons. The number of nitrogens with two attached hydrogens (primary N) is 2. The first-order chi connectivity index (χ1) is 17.8. The Balaban J connectivity index is 1.49. The summed E-state index contributed by atoms with van der Waals surface area (Å²) in [5, 5.41) is 12.2. The number of fused-ring (bicyclic) bond motifs is 1. The molecule has 11 heteroatoms. The number of hydrogen-bond acceptors (Lipinski definition) is 8. The number of amides is 1. The van der Waals surface area contributed by atoms with Crippen molar-refractivity contribution in [2.75, 3.05) is 16.8 Å². The highest BCUT2D eigenvalue weighted by Gasteiger charge is 2.29. The third-order valence-electron chi connectivity index (χ3n) is 6.68. The van der Waals surface area contributed by atoms with E-state index in [1.54, 1.807) is 53.1 Å². The molecule has 4 aromatic rings. The molecule has 2 aromatic carbocycles. The summed E-state index contributed by atoms with van der Waals surface area (Å²) in [5.41, 5.74) is 14.3. The van der Waals surface area contributed by atoms with E-state index in [9.17, 15) is 19.5 Å². The van der Waals surface area contributed by atoms with E-state index in [4.69, 9.17) is 11.5 Å². The molecule has 5 rings (SSSR count). The molecule has 0 bridgehead atoms. The second-order valence-corrected chi connectivity index (χ2v) is 9.07. The lowest BCUT2D eigenvalue weighted by Crippen LogP contribution is -2.32. The van der Waals surface area contributed by atoms with Gasteiger partial charge in [0.05, 0.1) is 5.92 Å². The van der Waals surface area contributed by atoms with E-state index in [0.29, 0.717) is 59.3 Å². The Labute approximate surface area is 211 Å². The lowest BCUT2D eigenvalue weighted by molar-refractivity contribution is -0.143. The molecule has 0 atom stereocenters. The van der Waals surface area contributed by atoms with Gasteiger partial charge in [-0.3, -0.25) is 19.0 Å². The summed E-state index contributed by atoms with van der Waals surface area (Å²) in [7, 11) is 0. The zero-order valence-corrected chi connectivity index (χ0v) is 19.8. The fourth-order valence-corrected chi connectivity index (χ4v) is 4.74. The molecule has 2 aromatic heterocycles. The van der Waals surface area contributed by atoms with Crippen LogP contribution in [0.1, 0.15) is 42.1 Å². The van der Waals surface area contributed by atoms with Crippen LogP contribution in [0.3, 0.4) is 0 Å². The maximum absolute atomic E-state index is 13.7. The van der Waals surface area contributed by atoms with Gasteiger partial charge in [0, 0.05) is 28.5 Å². The van der Waals surface area contributed by atoms with Crippen LogP contribution in [0.5, 0.6) is 0 Å². The molecule has 1 aliphatic rings. The van der Waals surface area contributed by atoms with Gasteiger partial charge in [0.25, 0.3) is 11.5 Å². The largest absolute Gasteiger partial charge is 0.481 e. The minimum Gasteiger partial charge on any atom is -0.481 e. The van der Waals surface area contributed by atoms with Crippen LogP contribution in [0.25, 0.3) is 22.4 Å². The van der Waals surface area contributed by atoms with Gasteiger partial charge in [-0.25, -0.2) is 15.0 Å². The Morgan fingerprint density at radius 3 is 2.41 bits per heavy atom. The summed E-state index contributed by atoms with van der Waals surface area (Å²) >= 11 is 0. The van der Waals surface area contributed by atoms with Crippen molar-refractivity contribution < 1.29 is 14.7 Å². The topological polar surface area (TPSA) is 179 Å². The number of aromatic nitrogens is 4. The molecule has 0 unspecified atom stereocenters. The number of hydrogen-bond donors (Lipinski definition) is 4. The molecule has 0 radical (unpaired) electrons. The lowest BCUT2D eigenvalue weighted by Gasteiger charge is -2.28. The van der Waals surface area contributed by atoms with Crippen molar-refractivity contribution in [2.45, 2.75) is 31.7 Å². The van der Waals surface area contributed by atoms with Crippen molar-refractivity contribution >= 4 is 40.2 Å². The van der Waals surface area contributed by atoms with E-state index in [-0.39, 0.29) is 29.0 Å². The summed E-state index contributed by atoms with van der Waals surface area (Å²) in [4.78, 5) is 50.5. The summed E-state index contributed by atoms with van der Waals surface area (Å²) in [6.45, 7) is 0. The minimum atomic E-state index is -0.819. The average molecular weight is 500 g/mol. The van der Waals surface area contributed by atoms with Crippen molar-refractivity contribution in [3.63, 3.8) is 0 Å². The van der Waals surface area contributed by atoms with Gasteiger partial charge in [-0.05, 0) is 56.0 Å². The maximum Gasteiger partial charge on any atom is 0.306 e. The van der Waals surface area contributed by atoms with Gasteiger partial charge in [-0.2, -0.15) is 0 Å². The normalized spacial score (nSPS) is 17.4. The SMILES string of the molecule is Nc1cccc(C(=O)Nc2ccc(-c3nc4c(N)ncnc4n(C4CCC(C(=O)O)CC4)c3=O)cc2)c1. The first-order valence-electron chi connectivity index (χ1n) is 11.8. The van der Waals surface area contributed by atoms with Gasteiger partial charge < -0.3 is 21.9 Å². The van der Waals surface area contributed by atoms with E-state index in [2.05, 4.69) is 20.3 Å². The van der Waals surface area contributed by atoms with E-state index in [1.165, 1.54) is 6.33 Å². The monoisotopic (exact) mass is 499 g/mol. The number of carbonyl (C=O) groups excluding carboxylic acids is 1. The molecule has 1 amide bonds. The fourth-order valence-electron chi connectivity index (χ4n) is 4.74. The van der Waals surface area contributed by atoms with Gasteiger partial charge in [0.1, 0.15) is 17.5 Å². The quantitative estimate of drug-likeness (QED) is 0.300. The zero-order valence-electron chi connectivity index (χ0n) is 19.8. The predicted molar refractivity (Wildman–Crippen MR) is 139 cm³/mol. The number of rotatable bonds is 5. The molecule has 1 aliphatic carbocycles. The van der Waals surface area contributed by atoms with Crippen LogP contribution in [-0.2, 0) is 4.79 Å². The number of carboxylic acid groups (broad SMARTS) is 1.